The van der Waals surface area contributed by atoms with E-state index in [0.29, 0.717) is 12.0 Å². The lowest BCUT2D eigenvalue weighted by molar-refractivity contribution is 0.329. The highest BCUT2D eigenvalue weighted by atomic mass is 15.3. The van der Waals surface area contributed by atoms with Gasteiger partial charge in [0.2, 0.25) is 0 Å². The molecule has 1 heterocycles. The lowest BCUT2D eigenvalue weighted by Gasteiger charge is -2.21. The first kappa shape index (κ1) is 9.75. The van der Waals surface area contributed by atoms with Crippen LogP contribution in [-0.4, -0.2) is 9.78 Å². The van der Waals surface area contributed by atoms with E-state index in [1.165, 1.54) is 37.7 Å². The summed E-state index contributed by atoms with van der Waals surface area (Å²) in [5, 5.41) is 4.48. The van der Waals surface area contributed by atoms with Gasteiger partial charge in [0, 0.05) is 6.20 Å². The molecule has 2 rings (SSSR count). The molecule has 1 aliphatic carbocycles. The zero-order valence-electron chi connectivity index (χ0n) is 9.24. The Kier molecular flexibility index (Phi) is 2.90. The van der Waals surface area contributed by atoms with Crippen LogP contribution in [0.4, 0.5) is 0 Å². The van der Waals surface area contributed by atoms with Crippen molar-refractivity contribution >= 4 is 0 Å². The highest BCUT2D eigenvalue weighted by molar-refractivity contribution is 5.09. The summed E-state index contributed by atoms with van der Waals surface area (Å²) in [5.41, 5.74) is 1.37. The molecule has 1 aromatic heterocycles. The van der Waals surface area contributed by atoms with Crippen molar-refractivity contribution in [2.75, 3.05) is 0 Å². The van der Waals surface area contributed by atoms with Crippen molar-refractivity contribution < 1.29 is 0 Å². The van der Waals surface area contributed by atoms with Gasteiger partial charge in [-0.05, 0) is 24.3 Å². The summed E-state index contributed by atoms with van der Waals surface area (Å²) in [4.78, 5) is 0. The van der Waals surface area contributed by atoms with Gasteiger partial charge in [0.05, 0.1) is 12.2 Å². The Balaban J connectivity index is 2.07. The van der Waals surface area contributed by atoms with E-state index >= 15 is 0 Å². The Hall–Kier alpha value is -0.790. The summed E-state index contributed by atoms with van der Waals surface area (Å²) in [6.45, 7) is 4.45. The smallest absolute Gasteiger partial charge is 0.0524 e. The fourth-order valence-corrected chi connectivity index (χ4v) is 2.20. The maximum atomic E-state index is 4.48. The first-order chi connectivity index (χ1) is 6.77. The monoisotopic (exact) mass is 192 g/mol. The standard InChI is InChI=1S/C12H20N2/c1-10(2)11-8-13-14(9-11)12-6-4-3-5-7-12/h8-10,12H,3-7H2,1-2H3. The molecule has 1 aliphatic rings. The van der Waals surface area contributed by atoms with Crippen molar-refractivity contribution in [1.29, 1.82) is 0 Å². The van der Waals surface area contributed by atoms with Crippen LogP contribution in [0, 0.1) is 0 Å². The van der Waals surface area contributed by atoms with Gasteiger partial charge in [-0.15, -0.1) is 0 Å². The summed E-state index contributed by atoms with van der Waals surface area (Å²) < 4.78 is 2.19. The van der Waals surface area contributed by atoms with E-state index in [1.807, 2.05) is 6.20 Å². The molecule has 14 heavy (non-hydrogen) atoms. The van der Waals surface area contributed by atoms with Crippen LogP contribution in [0.1, 0.15) is 63.5 Å². The van der Waals surface area contributed by atoms with E-state index in [-0.39, 0.29) is 0 Å². The van der Waals surface area contributed by atoms with Gasteiger partial charge in [-0.25, -0.2) is 0 Å². The van der Waals surface area contributed by atoms with Gasteiger partial charge in [-0.3, -0.25) is 4.68 Å². The first-order valence-electron chi connectivity index (χ1n) is 5.81. The third-order valence-electron chi connectivity index (χ3n) is 3.24. The van der Waals surface area contributed by atoms with E-state index < -0.39 is 0 Å². The summed E-state index contributed by atoms with van der Waals surface area (Å²) in [5.74, 6) is 0.604. The minimum Gasteiger partial charge on any atom is -0.269 e. The fourth-order valence-electron chi connectivity index (χ4n) is 2.20. The lowest BCUT2D eigenvalue weighted by Crippen LogP contribution is -2.12. The van der Waals surface area contributed by atoms with Crippen molar-refractivity contribution in [3.05, 3.63) is 18.0 Å². The largest absolute Gasteiger partial charge is 0.269 e. The van der Waals surface area contributed by atoms with Gasteiger partial charge in [-0.1, -0.05) is 33.1 Å². The van der Waals surface area contributed by atoms with Crippen molar-refractivity contribution in [2.45, 2.75) is 57.9 Å². The normalized spacial score (nSPS) is 19.1. The number of hydrogen-bond acceptors (Lipinski definition) is 1. The molecule has 0 spiro atoms. The molecule has 0 bridgehead atoms. The molecule has 1 aromatic rings. The first-order valence-corrected chi connectivity index (χ1v) is 5.81. The molecule has 1 saturated carbocycles. The van der Waals surface area contributed by atoms with Crippen molar-refractivity contribution in [3.63, 3.8) is 0 Å². The molecule has 0 aromatic carbocycles. The Morgan fingerprint density at radius 1 is 1.29 bits per heavy atom. The van der Waals surface area contributed by atoms with Crippen molar-refractivity contribution in [1.82, 2.24) is 9.78 Å². The molecule has 0 radical (unpaired) electrons. The van der Waals surface area contributed by atoms with E-state index in [1.54, 1.807) is 0 Å². The molecule has 0 atom stereocenters. The topological polar surface area (TPSA) is 17.8 Å². The number of aromatic nitrogens is 2. The summed E-state index contributed by atoms with van der Waals surface area (Å²) in [6.07, 6.45) is 11.1. The Bertz CT molecular complexity index is 282. The maximum absolute atomic E-state index is 4.48. The molecule has 0 unspecified atom stereocenters. The number of nitrogens with zero attached hydrogens (tertiary/aromatic N) is 2. The predicted molar refractivity (Wildman–Crippen MR) is 58.4 cm³/mol. The minimum absolute atomic E-state index is 0.604. The van der Waals surface area contributed by atoms with Crippen molar-refractivity contribution in [2.24, 2.45) is 0 Å². The van der Waals surface area contributed by atoms with Crippen LogP contribution in [-0.2, 0) is 0 Å². The Labute approximate surface area is 86.3 Å². The van der Waals surface area contributed by atoms with Crippen LogP contribution in [0.3, 0.4) is 0 Å². The van der Waals surface area contributed by atoms with Crippen LogP contribution in [0.25, 0.3) is 0 Å². The molecule has 2 heteroatoms. The van der Waals surface area contributed by atoms with Crippen LogP contribution < -0.4 is 0 Å². The van der Waals surface area contributed by atoms with Gasteiger partial charge in [0.15, 0.2) is 0 Å². The van der Waals surface area contributed by atoms with Crippen LogP contribution in [0.2, 0.25) is 0 Å². The molecule has 0 N–H and O–H groups in total. The molecular formula is C12H20N2. The SMILES string of the molecule is CC(C)c1cnn(C2CCCCC2)c1. The second kappa shape index (κ2) is 4.16. The summed E-state index contributed by atoms with van der Waals surface area (Å²) in [6, 6.07) is 0.677. The molecule has 0 saturated heterocycles. The zero-order valence-corrected chi connectivity index (χ0v) is 9.24. The average Bonchev–Trinajstić information content (AvgIpc) is 2.68. The van der Waals surface area contributed by atoms with Gasteiger partial charge in [-0.2, -0.15) is 5.10 Å². The quantitative estimate of drug-likeness (QED) is 0.701. The predicted octanol–water partition coefficient (Wildman–Crippen LogP) is 3.51. The Morgan fingerprint density at radius 2 is 2.00 bits per heavy atom. The zero-order chi connectivity index (χ0) is 9.97. The van der Waals surface area contributed by atoms with Crippen molar-refractivity contribution in [3.8, 4) is 0 Å². The van der Waals surface area contributed by atoms with Gasteiger partial charge < -0.3 is 0 Å². The van der Waals surface area contributed by atoms with Crippen LogP contribution in [0.5, 0.6) is 0 Å². The molecule has 1 fully saturated rings. The summed E-state index contributed by atoms with van der Waals surface area (Å²) >= 11 is 0. The third-order valence-corrected chi connectivity index (χ3v) is 3.24. The second-order valence-corrected chi connectivity index (χ2v) is 4.70. The van der Waals surface area contributed by atoms with Crippen LogP contribution in [0.15, 0.2) is 12.4 Å². The fraction of sp³-hybridized carbons (Fsp3) is 0.750. The van der Waals surface area contributed by atoms with Gasteiger partial charge in [0.1, 0.15) is 0 Å². The molecule has 0 amide bonds. The Morgan fingerprint density at radius 3 is 2.57 bits per heavy atom. The van der Waals surface area contributed by atoms with Crippen LogP contribution >= 0.6 is 0 Å². The molecule has 0 aliphatic heterocycles. The minimum atomic E-state index is 0.604. The lowest BCUT2D eigenvalue weighted by atomic mass is 9.96. The maximum Gasteiger partial charge on any atom is 0.0524 e. The van der Waals surface area contributed by atoms with E-state index in [2.05, 4.69) is 29.8 Å². The molecular weight excluding hydrogens is 172 g/mol. The van der Waals surface area contributed by atoms with E-state index in [0.717, 1.165) is 0 Å². The number of hydrogen-bond donors (Lipinski definition) is 0. The summed E-state index contributed by atoms with van der Waals surface area (Å²) in [7, 11) is 0. The average molecular weight is 192 g/mol. The highest BCUT2D eigenvalue weighted by Gasteiger charge is 2.16. The van der Waals surface area contributed by atoms with Gasteiger partial charge in [0.25, 0.3) is 0 Å². The third kappa shape index (κ3) is 1.99. The van der Waals surface area contributed by atoms with E-state index in [9.17, 15) is 0 Å². The molecule has 78 valence electrons. The van der Waals surface area contributed by atoms with E-state index in [4.69, 9.17) is 0 Å². The molecule has 2 nitrogen and oxygen atoms in total. The number of rotatable bonds is 2. The highest BCUT2D eigenvalue weighted by Crippen LogP contribution is 2.28. The second-order valence-electron chi connectivity index (χ2n) is 4.70. The van der Waals surface area contributed by atoms with Gasteiger partial charge >= 0.3 is 0 Å².